The molecule has 1 aliphatic carbocycles. The average Bonchev–Trinajstić information content (AvgIpc) is 3.23. The van der Waals surface area contributed by atoms with Crippen molar-refractivity contribution in [1.82, 2.24) is 10.6 Å². The van der Waals surface area contributed by atoms with Gasteiger partial charge in [0.15, 0.2) is 0 Å². The van der Waals surface area contributed by atoms with E-state index in [9.17, 15) is 4.79 Å². The SMILES string of the molecule is CCOc1cccc(C(C)NC(=O)CNCC2CC2)c1. The van der Waals surface area contributed by atoms with E-state index in [0.29, 0.717) is 13.2 Å². The number of carbonyl (C=O) groups excluding carboxylic acids is 1. The summed E-state index contributed by atoms with van der Waals surface area (Å²) in [6.07, 6.45) is 2.60. The molecule has 110 valence electrons. The summed E-state index contributed by atoms with van der Waals surface area (Å²) < 4.78 is 5.47. The topological polar surface area (TPSA) is 50.4 Å². The second-order valence-corrected chi connectivity index (χ2v) is 5.37. The molecule has 1 saturated carbocycles. The lowest BCUT2D eigenvalue weighted by Gasteiger charge is -2.15. The molecule has 0 bridgehead atoms. The molecule has 1 aliphatic rings. The Bertz CT molecular complexity index is 444. The van der Waals surface area contributed by atoms with E-state index in [-0.39, 0.29) is 11.9 Å². The Morgan fingerprint density at radius 3 is 2.95 bits per heavy atom. The lowest BCUT2D eigenvalue weighted by molar-refractivity contribution is -0.120. The number of nitrogens with one attached hydrogen (secondary N) is 2. The first-order valence-electron chi connectivity index (χ1n) is 7.42. The zero-order valence-electron chi connectivity index (χ0n) is 12.3. The van der Waals surface area contributed by atoms with Crippen LogP contribution in [0.2, 0.25) is 0 Å². The monoisotopic (exact) mass is 276 g/mol. The van der Waals surface area contributed by atoms with E-state index in [0.717, 1.165) is 23.8 Å². The molecule has 1 aromatic rings. The third kappa shape index (κ3) is 4.85. The largest absolute Gasteiger partial charge is 0.494 e. The van der Waals surface area contributed by atoms with Gasteiger partial charge in [-0.25, -0.2) is 0 Å². The molecule has 20 heavy (non-hydrogen) atoms. The first-order chi connectivity index (χ1) is 9.69. The summed E-state index contributed by atoms with van der Waals surface area (Å²) in [4.78, 5) is 11.8. The van der Waals surface area contributed by atoms with Crippen LogP contribution in [0.3, 0.4) is 0 Å². The minimum Gasteiger partial charge on any atom is -0.494 e. The molecule has 4 heteroatoms. The van der Waals surface area contributed by atoms with Crippen LogP contribution < -0.4 is 15.4 Å². The summed E-state index contributed by atoms with van der Waals surface area (Å²) in [5.74, 6) is 1.68. The van der Waals surface area contributed by atoms with Gasteiger partial charge in [-0.15, -0.1) is 0 Å². The number of ether oxygens (including phenoxy) is 1. The van der Waals surface area contributed by atoms with Gasteiger partial charge in [0, 0.05) is 0 Å². The fraction of sp³-hybridized carbons (Fsp3) is 0.562. The van der Waals surface area contributed by atoms with Crippen molar-refractivity contribution in [3.8, 4) is 5.75 Å². The number of benzene rings is 1. The maximum Gasteiger partial charge on any atom is 0.234 e. The molecule has 0 heterocycles. The van der Waals surface area contributed by atoms with E-state index >= 15 is 0 Å². The molecule has 1 fully saturated rings. The van der Waals surface area contributed by atoms with E-state index < -0.39 is 0 Å². The van der Waals surface area contributed by atoms with Gasteiger partial charge in [0.05, 0.1) is 19.2 Å². The molecule has 0 aromatic heterocycles. The summed E-state index contributed by atoms with van der Waals surface area (Å²) in [6, 6.07) is 7.86. The van der Waals surface area contributed by atoms with Crippen LogP contribution in [-0.2, 0) is 4.79 Å². The second-order valence-electron chi connectivity index (χ2n) is 5.37. The molecule has 1 unspecified atom stereocenters. The maximum atomic E-state index is 11.8. The van der Waals surface area contributed by atoms with Crippen molar-refractivity contribution in [2.45, 2.75) is 32.7 Å². The molecule has 0 radical (unpaired) electrons. The smallest absolute Gasteiger partial charge is 0.234 e. The molecule has 1 amide bonds. The van der Waals surface area contributed by atoms with Crippen molar-refractivity contribution in [1.29, 1.82) is 0 Å². The van der Waals surface area contributed by atoms with E-state index in [2.05, 4.69) is 10.6 Å². The predicted molar refractivity (Wildman–Crippen MR) is 79.8 cm³/mol. The minimum atomic E-state index is -0.00867. The van der Waals surface area contributed by atoms with Gasteiger partial charge < -0.3 is 15.4 Å². The van der Waals surface area contributed by atoms with Crippen LogP contribution >= 0.6 is 0 Å². The molecule has 0 spiro atoms. The quantitative estimate of drug-likeness (QED) is 0.766. The fourth-order valence-corrected chi connectivity index (χ4v) is 2.13. The molecule has 2 rings (SSSR count). The van der Waals surface area contributed by atoms with Gasteiger partial charge >= 0.3 is 0 Å². The van der Waals surface area contributed by atoms with Gasteiger partial charge in [0.1, 0.15) is 5.75 Å². The molecule has 2 N–H and O–H groups in total. The Balaban J connectivity index is 1.78. The summed E-state index contributed by atoms with van der Waals surface area (Å²) in [6.45, 7) is 5.95. The van der Waals surface area contributed by atoms with Gasteiger partial charge in [-0.2, -0.15) is 0 Å². The highest BCUT2D eigenvalue weighted by atomic mass is 16.5. The highest BCUT2D eigenvalue weighted by Crippen LogP contribution is 2.27. The molecule has 1 atom stereocenters. The zero-order valence-corrected chi connectivity index (χ0v) is 12.3. The van der Waals surface area contributed by atoms with Crippen LogP contribution in [0.1, 0.15) is 38.3 Å². The number of hydrogen-bond acceptors (Lipinski definition) is 3. The normalized spacial score (nSPS) is 15.7. The van der Waals surface area contributed by atoms with E-state index in [1.54, 1.807) is 0 Å². The Hall–Kier alpha value is -1.55. The molecule has 4 nitrogen and oxygen atoms in total. The van der Waals surface area contributed by atoms with Crippen molar-refractivity contribution < 1.29 is 9.53 Å². The van der Waals surface area contributed by atoms with E-state index in [1.165, 1.54) is 12.8 Å². The van der Waals surface area contributed by atoms with Crippen LogP contribution in [-0.4, -0.2) is 25.6 Å². The third-order valence-corrected chi connectivity index (χ3v) is 3.46. The summed E-state index contributed by atoms with van der Waals surface area (Å²) in [7, 11) is 0. The molecule has 1 aromatic carbocycles. The standard InChI is InChI=1S/C16H24N2O2/c1-3-20-15-6-4-5-14(9-15)12(2)18-16(19)11-17-10-13-7-8-13/h4-6,9,12-13,17H,3,7-8,10-11H2,1-2H3,(H,18,19). The summed E-state index contributed by atoms with van der Waals surface area (Å²) in [5.41, 5.74) is 1.06. The number of carbonyl (C=O) groups is 1. The van der Waals surface area contributed by atoms with Crippen LogP contribution in [0.15, 0.2) is 24.3 Å². The Labute approximate surface area is 120 Å². The van der Waals surface area contributed by atoms with Crippen LogP contribution in [0.25, 0.3) is 0 Å². The van der Waals surface area contributed by atoms with Gasteiger partial charge in [-0.3, -0.25) is 4.79 Å². The molecule has 0 aliphatic heterocycles. The highest BCUT2D eigenvalue weighted by Gasteiger charge is 2.20. The summed E-state index contributed by atoms with van der Waals surface area (Å²) >= 11 is 0. The Kier molecular flexibility index (Phi) is 5.41. The van der Waals surface area contributed by atoms with Gasteiger partial charge in [-0.1, -0.05) is 12.1 Å². The van der Waals surface area contributed by atoms with Crippen molar-refractivity contribution in [2.24, 2.45) is 5.92 Å². The van der Waals surface area contributed by atoms with Crippen molar-refractivity contribution in [2.75, 3.05) is 19.7 Å². The lowest BCUT2D eigenvalue weighted by atomic mass is 10.1. The first-order valence-corrected chi connectivity index (χ1v) is 7.42. The number of rotatable bonds is 8. The number of amides is 1. The Morgan fingerprint density at radius 1 is 1.45 bits per heavy atom. The van der Waals surface area contributed by atoms with Crippen LogP contribution in [0, 0.1) is 5.92 Å². The van der Waals surface area contributed by atoms with Crippen LogP contribution in [0.5, 0.6) is 5.75 Å². The van der Waals surface area contributed by atoms with Gasteiger partial charge in [0.25, 0.3) is 0 Å². The lowest BCUT2D eigenvalue weighted by Crippen LogP contribution is -2.36. The van der Waals surface area contributed by atoms with Crippen molar-refractivity contribution in [3.63, 3.8) is 0 Å². The maximum absolute atomic E-state index is 11.8. The summed E-state index contributed by atoms with van der Waals surface area (Å²) in [5, 5.41) is 6.20. The fourth-order valence-electron chi connectivity index (χ4n) is 2.13. The van der Waals surface area contributed by atoms with Gasteiger partial charge in [-0.05, 0) is 56.8 Å². The predicted octanol–water partition coefficient (Wildman–Crippen LogP) is 2.26. The van der Waals surface area contributed by atoms with E-state index in [1.807, 2.05) is 38.1 Å². The van der Waals surface area contributed by atoms with Crippen molar-refractivity contribution >= 4 is 5.91 Å². The third-order valence-electron chi connectivity index (χ3n) is 3.46. The number of hydrogen-bond donors (Lipinski definition) is 2. The molecule has 0 saturated heterocycles. The highest BCUT2D eigenvalue weighted by molar-refractivity contribution is 5.78. The first kappa shape index (κ1) is 14.9. The second kappa shape index (κ2) is 7.29. The van der Waals surface area contributed by atoms with E-state index in [4.69, 9.17) is 4.74 Å². The Morgan fingerprint density at radius 2 is 2.25 bits per heavy atom. The zero-order chi connectivity index (χ0) is 14.4. The molecular formula is C16H24N2O2. The average molecular weight is 276 g/mol. The van der Waals surface area contributed by atoms with Gasteiger partial charge in [0.2, 0.25) is 5.91 Å². The minimum absolute atomic E-state index is 0.00867. The molecular weight excluding hydrogens is 252 g/mol. The van der Waals surface area contributed by atoms with Crippen LogP contribution in [0.4, 0.5) is 0 Å². The van der Waals surface area contributed by atoms with Crippen molar-refractivity contribution in [3.05, 3.63) is 29.8 Å².